The summed E-state index contributed by atoms with van der Waals surface area (Å²) in [4.78, 5) is 15.3. The Labute approximate surface area is 187 Å². The van der Waals surface area contributed by atoms with Crippen molar-refractivity contribution in [1.82, 2.24) is 20.0 Å². The first kappa shape index (κ1) is 22.2. The summed E-state index contributed by atoms with van der Waals surface area (Å²) < 4.78 is 15.0. The molecule has 0 spiro atoms. The van der Waals surface area contributed by atoms with E-state index in [1.54, 1.807) is 23.0 Å². The number of amides is 1. The molecule has 0 bridgehead atoms. The molecule has 0 atom stereocenters. The van der Waals surface area contributed by atoms with E-state index in [-0.39, 0.29) is 17.8 Å². The minimum absolute atomic E-state index is 0.175. The van der Waals surface area contributed by atoms with Crippen LogP contribution in [-0.2, 0) is 19.5 Å². The topological polar surface area (TPSA) is 70.4 Å². The van der Waals surface area contributed by atoms with E-state index in [0.717, 1.165) is 49.4 Å². The van der Waals surface area contributed by atoms with Gasteiger partial charge in [0.2, 0.25) is 0 Å². The summed E-state index contributed by atoms with van der Waals surface area (Å²) in [5.41, 5.74) is 4.30. The van der Waals surface area contributed by atoms with Gasteiger partial charge in [-0.3, -0.25) is 9.69 Å². The number of benzene rings is 2. The number of rotatable bonds is 7. The molecule has 1 amide bonds. The molecule has 7 heteroatoms. The van der Waals surface area contributed by atoms with Crippen molar-refractivity contribution in [2.45, 2.75) is 45.4 Å². The highest BCUT2D eigenvalue weighted by atomic mass is 19.1. The summed E-state index contributed by atoms with van der Waals surface area (Å²) >= 11 is 0. The van der Waals surface area contributed by atoms with Crippen molar-refractivity contribution in [2.24, 2.45) is 0 Å². The second kappa shape index (κ2) is 10.1. The Kier molecular flexibility index (Phi) is 6.97. The van der Waals surface area contributed by atoms with Crippen LogP contribution in [0.2, 0.25) is 0 Å². The molecule has 168 valence electrons. The summed E-state index contributed by atoms with van der Waals surface area (Å²) in [7, 11) is 0. The third-order valence-electron chi connectivity index (χ3n) is 6.03. The Morgan fingerprint density at radius 3 is 2.50 bits per heavy atom. The molecule has 1 fully saturated rings. The number of aliphatic hydroxyl groups excluding tert-OH is 1. The van der Waals surface area contributed by atoms with Crippen LogP contribution in [0.4, 0.5) is 4.39 Å². The van der Waals surface area contributed by atoms with E-state index in [2.05, 4.69) is 21.4 Å². The van der Waals surface area contributed by atoms with Crippen molar-refractivity contribution in [3.05, 3.63) is 82.9 Å². The van der Waals surface area contributed by atoms with Crippen molar-refractivity contribution < 1.29 is 14.3 Å². The van der Waals surface area contributed by atoms with Gasteiger partial charge in [0, 0.05) is 26.2 Å². The molecule has 0 radical (unpaired) electrons. The lowest BCUT2D eigenvalue weighted by molar-refractivity contribution is 0.0790. The van der Waals surface area contributed by atoms with Gasteiger partial charge in [0.15, 0.2) is 0 Å². The first-order valence-electron chi connectivity index (χ1n) is 11.1. The fourth-order valence-electron chi connectivity index (χ4n) is 4.18. The second-order valence-corrected chi connectivity index (χ2v) is 8.21. The number of nitrogens with zero attached hydrogens (tertiary/aromatic N) is 3. The van der Waals surface area contributed by atoms with E-state index in [1.807, 2.05) is 25.1 Å². The molecule has 2 N–H and O–H groups in total. The highest BCUT2D eigenvalue weighted by Gasteiger charge is 2.19. The van der Waals surface area contributed by atoms with Crippen molar-refractivity contribution in [3.8, 4) is 5.69 Å². The average Bonchev–Trinajstić information content (AvgIpc) is 3.24. The maximum absolute atomic E-state index is 13.3. The van der Waals surface area contributed by atoms with Gasteiger partial charge in [-0.2, -0.15) is 5.10 Å². The van der Waals surface area contributed by atoms with Crippen molar-refractivity contribution >= 4 is 5.91 Å². The number of carbonyl (C=O) groups excluding carboxylic acids is 1. The molecule has 3 aromatic rings. The Balaban J connectivity index is 1.45. The zero-order valence-electron chi connectivity index (χ0n) is 18.3. The maximum atomic E-state index is 13.3. The number of aliphatic hydroxyl groups is 1. The monoisotopic (exact) mass is 436 g/mol. The van der Waals surface area contributed by atoms with Crippen LogP contribution in [0.3, 0.4) is 0 Å². The van der Waals surface area contributed by atoms with Gasteiger partial charge in [-0.15, -0.1) is 0 Å². The largest absolute Gasteiger partial charge is 0.393 e. The zero-order chi connectivity index (χ0) is 22.5. The van der Waals surface area contributed by atoms with Gasteiger partial charge < -0.3 is 10.4 Å². The summed E-state index contributed by atoms with van der Waals surface area (Å²) in [5.74, 6) is -0.484. The molecular formula is C25H29FN4O2. The summed E-state index contributed by atoms with van der Waals surface area (Å²) in [6, 6.07) is 14.2. The molecule has 0 unspecified atom stereocenters. The van der Waals surface area contributed by atoms with Crippen LogP contribution in [0.5, 0.6) is 0 Å². The SMILES string of the molecule is CCc1c(C(=O)NCc2ccccc2CN2CCC(O)CC2)cnn1-c1ccc(F)cc1. The van der Waals surface area contributed by atoms with Crippen molar-refractivity contribution in [2.75, 3.05) is 13.1 Å². The fraction of sp³-hybridized carbons (Fsp3) is 0.360. The predicted molar refractivity (Wildman–Crippen MR) is 121 cm³/mol. The van der Waals surface area contributed by atoms with Gasteiger partial charge >= 0.3 is 0 Å². The highest BCUT2D eigenvalue weighted by Crippen LogP contribution is 2.19. The van der Waals surface area contributed by atoms with Crippen molar-refractivity contribution in [3.63, 3.8) is 0 Å². The van der Waals surface area contributed by atoms with Crippen LogP contribution in [0.15, 0.2) is 54.7 Å². The molecule has 1 saturated heterocycles. The molecule has 1 aliphatic heterocycles. The summed E-state index contributed by atoms with van der Waals surface area (Å²) in [6.45, 7) is 4.96. The van der Waals surface area contributed by atoms with Gasteiger partial charge in [-0.25, -0.2) is 9.07 Å². The number of likely N-dealkylation sites (tertiary alicyclic amines) is 1. The Morgan fingerprint density at radius 2 is 1.81 bits per heavy atom. The number of carbonyl (C=O) groups is 1. The maximum Gasteiger partial charge on any atom is 0.255 e. The molecule has 32 heavy (non-hydrogen) atoms. The van der Waals surface area contributed by atoms with Crippen LogP contribution < -0.4 is 5.32 Å². The van der Waals surface area contributed by atoms with Crippen LogP contribution in [0.25, 0.3) is 5.69 Å². The standard InChI is InChI=1S/C25H29FN4O2/c1-2-24-23(16-28-30(24)21-9-7-20(26)8-10-21)25(32)27-15-18-5-3-4-6-19(18)17-29-13-11-22(31)12-14-29/h3-10,16,22,31H,2,11-15,17H2,1H3,(H,27,32). The minimum atomic E-state index is -0.309. The van der Waals surface area contributed by atoms with Crippen LogP contribution >= 0.6 is 0 Å². The number of hydrogen-bond acceptors (Lipinski definition) is 4. The second-order valence-electron chi connectivity index (χ2n) is 8.21. The summed E-state index contributed by atoms with van der Waals surface area (Å²) in [6.07, 6.45) is 3.61. The Morgan fingerprint density at radius 1 is 1.12 bits per heavy atom. The minimum Gasteiger partial charge on any atom is -0.393 e. The number of halogens is 1. The van der Waals surface area contributed by atoms with Gasteiger partial charge in [-0.1, -0.05) is 31.2 Å². The number of hydrogen-bond donors (Lipinski definition) is 2. The fourth-order valence-corrected chi connectivity index (χ4v) is 4.18. The van der Waals surface area contributed by atoms with E-state index in [0.29, 0.717) is 18.5 Å². The quantitative estimate of drug-likeness (QED) is 0.595. The van der Waals surface area contributed by atoms with Crippen LogP contribution in [0.1, 0.15) is 46.9 Å². The highest BCUT2D eigenvalue weighted by molar-refractivity contribution is 5.95. The smallest absolute Gasteiger partial charge is 0.255 e. The van der Waals surface area contributed by atoms with E-state index in [1.165, 1.54) is 17.7 Å². The van der Waals surface area contributed by atoms with Gasteiger partial charge in [0.25, 0.3) is 5.91 Å². The lowest BCUT2D eigenvalue weighted by atomic mass is 10.0. The average molecular weight is 437 g/mol. The molecule has 0 aliphatic carbocycles. The molecular weight excluding hydrogens is 407 g/mol. The molecule has 4 rings (SSSR count). The first-order valence-corrected chi connectivity index (χ1v) is 11.1. The number of nitrogens with one attached hydrogen (secondary N) is 1. The van der Waals surface area contributed by atoms with Crippen molar-refractivity contribution in [1.29, 1.82) is 0 Å². The van der Waals surface area contributed by atoms with Gasteiger partial charge in [-0.05, 0) is 54.7 Å². The zero-order valence-corrected chi connectivity index (χ0v) is 18.3. The van der Waals surface area contributed by atoms with Gasteiger partial charge in [0.05, 0.1) is 29.2 Å². The normalized spacial score (nSPS) is 15.1. The molecule has 1 aromatic heterocycles. The summed E-state index contributed by atoms with van der Waals surface area (Å²) in [5, 5.41) is 17.1. The lowest BCUT2D eigenvalue weighted by Gasteiger charge is -2.30. The molecule has 1 aliphatic rings. The molecule has 0 saturated carbocycles. The van der Waals surface area contributed by atoms with E-state index in [9.17, 15) is 14.3 Å². The van der Waals surface area contributed by atoms with Crippen LogP contribution in [0, 0.1) is 5.82 Å². The lowest BCUT2D eigenvalue weighted by Crippen LogP contribution is -2.35. The van der Waals surface area contributed by atoms with E-state index >= 15 is 0 Å². The third-order valence-corrected chi connectivity index (χ3v) is 6.03. The number of aromatic nitrogens is 2. The van der Waals surface area contributed by atoms with Crippen LogP contribution in [-0.4, -0.2) is 44.9 Å². The molecule has 2 heterocycles. The Bertz CT molecular complexity index is 1060. The molecule has 6 nitrogen and oxygen atoms in total. The first-order chi connectivity index (χ1) is 15.5. The van der Waals surface area contributed by atoms with E-state index in [4.69, 9.17) is 0 Å². The van der Waals surface area contributed by atoms with E-state index < -0.39 is 0 Å². The molecule has 2 aromatic carbocycles. The Hall–Kier alpha value is -3.03. The van der Waals surface area contributed by atoms with Gasteiger partial charge in [0.1, 0.15) is 5.82 Å². The number of piperidine rings is 1. The third kappa shape index (κ3) is 5.06. The predicted octanol–water partition coefficient (Wildman–Crippen LogP) is 3.46.